The molecule has 0 aromatic carbocycles. The van der Waals surface area contributed by atoms with Gasteiger partial charge in [0, 0.05) is 12.6 Å². The van der Waals surface area contributed by atoms with E-state index in [1.807, 2.05) is 0 Å². The lowest BCUT2D eigenvalue weighted by molar-refractivity contribution is -0.0632. The fourth-order valence-electron chi connectivity index (χ4n) is 3.37. The predicted molar refractivity (Wildman–Crippen MR) is 71.3 cm³/mol. The molecular weight excluding hydrogens is 212 g/mol. The molecule has 3 nitrogen and oxygen atoms in total. The van der Waals surface area contributed by atoms with E-state index in [2.05, 4.69) is 31.1 Å². The second-order valence-electron chi connectivity index (χ2n) is 6.03. The van der Waals surface area contributed by atoms with E-state index in [1.54, 1.807) is 0 Å². The van der Waals surface area contributed by atoms with Crippen LogP contribution in [0, 0.1) is 5.92 Å². The lowest BCUT2D eigenvalue weighted by Crippen LogP contribution is -2.46. The van der Waals surface area contributed by atoms with Crippen LogP contribution < -0.4 is 5.32 Å². The molecule has 17 heavy (non-hydrogen) atoms. The summed E-state index contributed by atoms with van der Waals surface area (Å²) in [6, 6.07) is 0.718. The molecule has 0 aromatic heterocycles. The minimum atomic E-state index is 0.427. The van der Waals surface area contributed by atoms with Crippen LogP contribution in [-0.4, -0.2) is 49.8 Å². The predicted octanol–water partition coefficient (Wildman–Crippen LogP) is 1.87. The first kappa shape index (κ1) is 13.3. The van der Waals surface area contributed by atoms with Gasteiger partial charge in [-0.25, -0.2) is 0 Å². The Morgan fingerprint density at radius 3 is 2.53 bits per heavy atom. The summed E-state index contributed by atoms with van der Waals surface area (Å²) in [5.74, 6) is 0.849. The zero-order chi connectivity index (χ0) is 12.3. The second kappa shape index (κ2) is 6.17. The summed E-state index contributed by atoms with van der Waals surface area (Å²) in [5.41, 5.74) is 0. The van der Waals surface area contributed by atoms with E-state index in [4.69, 9.17) is 4.74 Å². The minimum Gasteiger partial charge on any atom is -0.375 e. The van der Waals surface area contributed by atoms with Gasteiger partial charge in [-0.3, -0.25) is 0 Å². The third kappa shape index (κ3) is 3.94. The summed E-state index contributed by atoms with van der Waals surface area (Å²) in [4.78, 5) is 2.58. The number of ether oxygens (including phenoxy) is 1. The van der Waals surface area contributed by atoms with E-state index in [9.17, 15) is 0 Å². The highest BCUT2D eigenvalue weighted by molar-refractivity contribution is 4.82. The fourth-order valence-corrected chi connectivity index (χ4v) is 3.37. The molecule has 2 saturated heterocycles. The SMILES string of the molecule is CC1CC(N(C)CC2CCCNC2)CC(C)O1. The van der Waals surface area contributed by atoms with Gasteiger partial charge in [-0.05, 0) is 65.6 Å². The van der Waals surface area contributed by atoms with Gasteiger partial charge in [-0.1, -0.05) is 0 Å². The lowest BCUT2D eigenvalue weighted by Gasteiger charge is -2.39. The van der Waals surface area contributed by atoms with Crippen molar-refractivity contribution in [1.82, 2.24) is 10.2 Å². The number of nitrogens with one attached hydrogen (secondary N) is 1. The number of nitrogens with zero attached hydrogens (tertiary/aromatic N) is 1. The second-order valence-corrected chi connectivity index (χ2v) is 6.03. The summed E-state index contributed by atoms with van der Waals surface area (Å²) in [5, 5.41) is 3.51. The zero-order valence-electron chi connectivity index (χ0n) is 11.6. The average molecular weight is 240 g/mol. The van der Waals surface area contributed by atoms with Crippen LogP contribution in [0.1, 0.15) is 39.5 Å². The highest BCUT2D eigenvalue weighted by atomic mass is 16.5. The zero-order valence-corrected chi connectivity index (χ0v) is 11.6. The normalized spacial score (nSPS) is 39.5. The Kier molecular flexibility index (Phi) is 4.83. The number of rotatable bonds is 3. The molecular formula is C14H28N2O. The Morgan fingerprint density at radius 2 is 1.94 bits per heavy atom. The van der Waals surface area contributed by atoms with Crippen molar-refractivity contribution in [2.24, 2.45) is 5.92 Å². The smallest absolute Gasteiger partial charge is 0.0565 e. The van der Waals surface area contributed by atoms with Gasteiger partial charge in [-0.15, -0.1) is 0 Å². The largest absolute Gasteiger partial charge is 0.375 e. The van der Waals surface area contributed by atoms with Gasteiger partial charge in [0.15, 0.2) is 0 Å². The monoisotopic (exact) mass is 240 g/mol. The standard InChI is InChI=1S/C14H28N2O/c1-11-7-14(8-12(2)17-11)16(3)10-13-5-4-6-15-9-13/h11-15H,4-10H2,1-3H3. The van der Waals surface area contributed by atoms with Crippen molar-refractivity contribution < 1.29 is 4.74 Å². The molecule has 2 fully saturated rings. The van der Waals surface area contributed by atoms with Gasteiger partial charge >= 0.3 is 0 Å². The maximum atomic E-state index is 5.82. The summed E-state index contributed by atoms with van der Waals surface area (Å²) in [6.45, 7) is 8.08. The van der Waals surface area contributed by atoms with E-state index < -0.39 is 0 Å². The first-order valence-corrected chi connectivity index (χ1v) is 7.21. The van der Waals surface area contributed by atoms with Crippen molar-refractivity contribution in [1.29, 1.82) is 0 Å². The van der Waals surface area contributed by atoms with Crippen molar-refractivity contribution in [2.75, 3.05) is 26.7 Å². The van der Waals surface area contributed by atoms with Crippen molar-refractivity contribution in [3.05, 3.63) is 0 Å². The highest BCUT2D eigenvalue weighted by Gasteiger charge is 2.28. The van der Waals surface area contributed by atoms with Gasteiger partial charge in [0.25, 0.3) is 0 Å². The van der Waals surface area contributed by atoms with Crippen molar-refractivity contribution >= 4 is 0 Å². The van der Waals surface area contributed by atoms with Gasteiger partial charge < -0.3 is 15.0 Å². The Labute approximate surface area is 106 Å². The van der Waals surface area contributed by atoms with Crippen LogP contribution in [0.2, 0.25) is 0 Å². The van der Waals surface area contributed by atoms with Crippen LogP contribution in [0.15, 0.2) is 0 Å². The molecule has 0 aromatic rings. The number of hydrogen-bond donors (Lipinski definition) is 1. The Bertz CT molecular complexity index is 218. The third-order valence-electron chi connectivity index (χ3n) is 4.24. The van der Waals surface area contributed by atoms with Gasteiger partial charge in [0.2, 0.25) is 0 Å². The molecule has 2 heterocycles. The molecule has 0 amide bonds. The molecule has 3 atom stereocenters. The molecule has 3 unspecified atom stereocenters. The third-order valence-corrected chi connectivity index (χ3v) is 4.24. The van der Waals surface area contributed by atoms with Crippen molar-refractivity contribution in [3.8, 4) is 0 Å². The molecule has 0 aliphatic carbocycles. The Morgan fingerprint density at radius 1 is 1.24 bits per heavy atom. The summed E-state index contributed by atoms with van der Waals surface area (Å²) >= 11 is 0. The van der Waals surface area contributed by atoms with Crippen molar-refractivity contribution in [3.63, 3.8) is 0 Å². The van der Waals surface area contributed by atoms with Gasteiger partial charge in [0.1, 0.15) is 0 Å². The van der Waals surface area contributed by atoms with E-state index >= 15 is 0 Å². The molecule has 2 aliphatic heterocycles. The van der Waals surface area contributed by atoms with E-state index in [1.165, 1.54) is 45.3 Å². The summed E-state index contributed by atoms with van der Waals surface area (Å²) in [6.07, 6.45) is 5.98. The minimum absolute atomic E-state index is 0.427. The van der Waals surface area contributed by atoms with E-state index in [0.29, 0.717) is 12.2 Å². The van der Waals surface area contributed by atoms with Crippen LogP contribution in [-0.2, 0) is 4.74 Å². The maximum absolute atomic E-state index is 5.82. The molecule has 100 valence electrons. The molecule has 0 spiro atoms. The quantitative estimate of drug-likeness (QED) is 0.815. The van der Waals surface area contributed by atoms with Crippen LogP contribution in [0.25, 0.3) is 0 Å². The van der Waals surface area contributed by atoms with Crippen LogP contribution in [0.3, 0.4) is 0 Å². The maximum Gasteiger partial charge on any atom is 0.0565 e. The molecule has 3 heteroatoms. The number of hydrogen-bond acceptors (Lipinski definition) is 3. The highest BCUT2D eigenvalue weighted by Crippen LogP contribution is 2.24. The summed E-state index contributed by atoms with van der Waals surface area (Å²) in [7, 11) is 2.30. The van der Waals surface area contributed by atoms with Crippen molar-refractivity contribution in [2.45, 2.75) is 57.8 Å². The summed E-state index contributed by atoms with van der Waals surface area (Å²) < 4.78 is 5.82. The Hall–Kier alpha value is -0.120. The molecule has 1 N–H and O–H groups in total. The van der Waals surface area contributed by atoms with Crippen LogP contribution in [0.5, 0.6) is 0 Å². The van der Waals surface area contributed by atoms with Crippen LogP contribution in [0.4, 0.5) is 0 Å². The van der Waals surface area contributed by atoms with E-state index in [-0.39, 0.29) is 0 Å². The molecule has 0 radical (unpaired) electrons. The fraction of sp³-hybridized carbons (Fsp3) is 1.00. The van der Waals surface area contributed by atoms with Gasteiger partial charge in [-0.2, -0.15) is 0 Å². The first-order valence-electron chi connectivity index (χ1n) is 7.21. The molecule has 2 aliphatic rings. The Balaban J connectivity index is 1.79. The molecule has 0 saturated carbocycles. The average Bonchev–Trinajstić information content (AvgIpc) is 2.29. The topological polar surface area (TPSA) is 24.5 Å². The molecule has 2 rings (SSSR count). The number of piperidine rings is 1. The van der Waals surface area contributed by atoms with Crippen LogP contribution >= 0.6 is 0 Å². The first-order chi connectivity index (χ1) is 8.15. The lowest BCUT2D eigenvalue weighted by atomic mass is 9.95. The van der Waals surface area contributed by atoms with E-state index in [0.717, 1.165) is 12.0 Å². The van der Waals surface area contributed by atoms with Gasteiger partial charge in [0.05, 0.1) is 12.2 Å². The molecule has 0 bridgehead atoms.